The number of carbonyl (C=O) groups excluding carboxylic acids is 1. The van der Waals surface area contributed by atoms with Gasteiger partial charge in [0.1, 0.15) is 0 Å². The molecule has 2 nitrogen and oxygen atoms in total. The summed E-state index contributed by atoms with van der Waals surface area (Å²) in [5, 5.41) is 0. The lowest BCUT2D eigenvalue weighted by atomic mass is 9.67. The summed E-state index contributed by atoms with van der Waals surface area (Å²) in [6, 6.07) is 19.9. The minimum Gasteiger partial charge on any atom is -0.318 e. The van der Waals surface area contributed by atoms with Gasteiger partial charge in [-0.05, 0) is 36.7 Å². The maximum absolute atomic E-state index is 13.2. The van der Waals surface area contributed by atoms with Crippen LogP contribution in [0.4, 0.5) is 0 Å². The van der Waals surface area contributed by atoms with Gasteiger partial charge in [-0.25, -0.2) is 0 Å². The summed E-state index contributed by atoms with van der Waals surface area (Å²) < 4.78 is 0. The minimum atomic E-state index is -0.744. The van der Waals surface area contributed by atoms with Crippen LogP contribution >= 0.6 is 0 Å². The molecule has 0 saturated heterocycles. The first-order chi connectivity index (χ1) is 10.7. The van der Waals surface area contributed by atoms with Gasteiger partial charge in [0, 0.05) is 11.5 Å². The molecule has 2 heteroatoms. The molecular weight excluding hydrogens is 270 g/mol. The van der Waals surface area contributed by atoms with E-state index in [9.17, 15) is 4.79 Å². The van der Waals surface area contributed by atoms with E-state index < -0.39 is 5.54 Å². The zero-order chi connectivity index (χ0) is 15.2. The van der Waals surface area contributed by atoms with Gasteiger partial charge in [-0.1, -0.05) is 60.7 Å². The molecule has 0 aliphatic heterocycles. The number of carbonyl (C=O) groups is 1. The van der Waals surface area contributed by atoms with E-state index in [0.29, 0.717) is 11.8 Å². The molecule has 2 aromatic rings. The largest absolute Gasteiger partial charge is 0.318 e. The lowest BCUT2D eigenvalue weighted by Crippen LogP contribution is -2.56. The Kier molecular flexibility index (Phi) is 3.16. The average molecular weight is 291 g/mol. The van der Waals surface area contributed by atoms with E-state index in [-0.39, 0.29) is 11.7 Å². The number of ketones is 1. The fourth-order valence-electron chi connectivity index (χ4n) is 4.77. The van der Waals surface area contributed by atoms with Crippen LogP contribution in [0.1, 0.15) is 41.1 Å². The molecular formula is C20H21NO. The monoisotopic (exact) mass is 291 g/mol. The zero-order valence-corrected chi connectivity index (χ0v) is 12.6. The SMILES string of the molecule is N[C@]1(C(=O)c2ccccc2)[C@H]2CC[C@H](C2)[C@@H]1c1ccccc1. The van der Waals surface area contributed by atoms with Crippen molar-refractivity contribution in [3.05, 3.63) is 71.8 Å². The summed E-state index contributed by atoms with van der Waals surface area (Å²) in [7, 11) is 0. The highest BCUT2D eigenvalue weighted by Gasteiger charge is 2.60. The molecule has 0 amide bonds. The Morgan fingerprint density at radius 1 is 0.955 bits per heavy atom. The van der Waals surface area contributed by atoms with Crippen molar-refractivity contribution in [2.45, 2.75) is 30.7 Å². The van der Waals surface area contributed by atoms with Gasteiger partial charge in [-0.3, -0.25) is 4.79 Å². The summed E-state index contributed by atoms with van der Waals surface area (Å²) >= 11 is 0. The Morgan fingerprint density at radius 3 is 2.27 bits per heavy atom. The van der Waals surface area contributed by atoms with E-state index in [4.69, 9.17) is 5.73 Å². The first-order valence-corrected chi connectivity index (χ1v) is 8.15. The summed E-state index contributed by atoms with van der Waals surface area (Å²) in [4.78, 5) is 13.2. The number of nitrogens with two attached hydrogens (primary N) is 1. The maximum atomic E-state index is 13.2. The fourth-order valence-corrected chi connectivity index (χ4v) is 4.77. The third-order valence-electron chi connectivity index (χ3n) is 5.72. The highest BCUT2D eigenvalue weighted by atomic mass is 16.1. The second-order valence-electron chi connectivity index (χ2n) is 6.79. The molecule has 4 atom stereocenters. The molecule has 0 spiro atoms. The lowest BCUT2D eigenvalue weighted by molar-refractivity contribution is 0.0798. The Morgan fingerprint density at radius 2 is 1.59 bits per heavy atom. The minimum absolute atomic E-state index is 0.120. The van der Waals surface area contributed by atoms with Gasteiger partial charge in [-0.2, -0.15) is 0 Å². The number of Topliss-reactive ketones (excluding diaryl/α,β-unsaturated/α-hetero) is 1. The standard InChI is InChI=1S/C20H21NO/c21-20(19(22)15-9-5-2-6-10-15)17-12-11-16(13-17)18(20)14-7-3-1-4-8-14/h1-10,16-18H,11-13,21H2/t16-,17+,18+,20-/m1/s1. The zero-order valence-electron chi connectivity index (χ0n) is 12.6. The Labute approximate surface area is 131 Å². The molecule has 112 valence electrons. The molecule has 2 bridgehead atoms. The predicted octanol–water partition coefficient (Wildman–Crippen LogP) is 3.78. The molecule has 22 heavy (non-hydrogen) atoms. The molecule has 0 heterocycles. The van der Waals surface area contributed by atoms with Crippen LogP contribution in [0, 0.1) is 11.8 Å². The van der Waals surface area contributed by atoms with Crippen molar-refractivity contribution < 1.29 is 4.79 Å². The van der Waals surface area contributed by atoms with Crippen molar-refractivity contribution in [2.75, 3.05) is 0 Å². The average Bonchev–Trinajstić information content (AvgIpc) is 3.16. The van der Waals surface area contributed by atoms with Crippen LogP contribution in [0.3, 0.4) is 0 Å². The van der Waals surface area contributed by atoms with E-state index in [1.807, 2.05) is 36.4 Å². The van der Waals surface area contributed by atoms with Crippen LogP contribution in [0.15, 0.2) is 60.7 Å². The summed E-state index contributed by atoms with van der Waals surface area (Å²) in [5.41, 5.74) is 8.07. The molecule has 2 aromatic carbocycles. The molecule has 2 fully saturated rings. The molecule has 2 aliphatic rings. The normalized spacial score (nSPS) is 33.0. The van der Waals surface area contributed by atoms with E-state index >= 15 is 0 Å². The third-order valence-corrected chi connectivity index (χ3v) is 5.72. The molecule has 0 radical (unpaired) electrons. The van der Waals surface area contributed by atoms with Crippen LogP contribution in [0.5, 0.6) is 0 Å². The number of hydrogen-bond acceptors (Lipinski definition) is 2. The van der Waals surface area contributed by atoms with Crippen molar-refractivity contribution >= 4 is 5.78 Å². The van der Waals surface area contributed by atoms with Gasteiger partial charge >= 0.3 is 0 Å². The van der Waals surface area contributed by atoms with Crippen molar-refractivity contribution in [3.63, 3.8) is 0 Å². The molecule has 0 aromatic heterocycles. The first kappa shape index (κ1) is 13.7. The fraction of sp³-hybridized carbons (Fsp3) is 0.350. The van der Waals surface area contributed by atoms with Crippen LogP contribution in [0.25, 0.3) is 0 Å². The van der Waals surface area contributed by atoms with Gasteiger partial charge in [0.2, 0.25) is 0 Å². The Bertz CT molecular complexity index is 681. The van der Waals surface area contributed by atoms with Crippen LogP contribution in [0.2, 0.25) is 0 Å². The van der Waals surface area contributed by atoms with Crippen molar-refractivity contribution in [1.82, 2.24) is 0 Å². The van der Waals surface area contributed by atoms with E-state index in [1.54, 1.807) is 0 Å². The van der Waals surface area contributed by atoms with E-state index in [1.165, 1.54) is 12.0 Å². The van der Waals surface area contributed by atoms with Crippen molar-refractivity contribution in [3.8, 4) is 0 Å². The quantitative estimate of drug-likeness (QED) is 0.875. The predicted molar refractivity (Wildman–Crippen MR) is 87.7 cm³/mol. The lowest BCUT2D eigenvalue weighted by Gasteiger charge is -2.40. The van der Waals surface area contributed by atoms with E-state index in [2.05, 4.69) is 24.3 Å². The Hall–Kier alpha value is -1.93. The van der Waals surface area contributed by atoms with Crippen LogP contribution in [-0.2, 0) is 0 Å². The van der Waals surface area contributed by atoms with Gasteiger partial charge in [0.25, 0.3) is 0 Å². The highest BCUT2D eigenvalue weighted by molar-refractivity contribution is 6.04. The second-order valence-corrected chi connectivity index (χ2v) is 6.79. The molecule has 2 saturated carbocycles. The van der Waals surface area contributed by atoms with Gasteiger partial charge in [-0.15, -0.1) is 0 Å². The van der Waals surface area contributed by atoms with Crippen molar-refractivity contribution in [1.29, 1.82) is 0 Å². The number of rotatable bonds is 3. The smallest absolute Gasteiger partial charge is 0.183 e. The highest BCUT2D eigenvalue weighted by Crippen LogP contribution is 2.58. The molecule has 0 unspecified atom stereocenters. The Balaban J connectivity index is 1.79. The van der Waals surface area contributed by atoms with Crippen molar-refractivity contribution in [2.24, 2.45) is 17.6 Å². The first-order valence-electron chi connectivity index (χ1n) is 8.15. The van der Waals surface area contributed by atoms with Crippen LogP contribution < -0.4 is 5.73 Å². The molecule has 4 rings (SSSR count). The molecule has 2 N–H and O–H groups in total. The second kappa shape index (κ2) is 5.06. The number of benzene rings is 2. The summed E-state index contributed by atoms with van der Waals surface area (Å²) in [6.07, 6.45) is 3.38. The maximum Gasteiger partial charge on any atom is 0.183 e. The van der Waals surface area contributed by atoms with Crippen LogP contribution in [-0.4, -0.2) is 11.3 Å². The van der Waals surface area contributed by atoms with E-state index in [0.717, 1.165) is 18.4 Å². The third kappa shape index (κ3) is 1.87. The summed E-state index contributed by atoms with van der Waals surface area (Å²) in [6.45, 7) is 0. The summed E-state index contributed by atoms with van der Waals surface area (Å²) in [5.74, 6) is 1.13. The number of hydrogen-bond donors (Lipinski definition) is 1. The van der Waals surface area contributed by atoms with Gasteiger partial charge < -0.3 is 5.73 Å². The molecule has 2 aliphatic carbocycles. The van der Waals surface area contributed by atoms with Gasteiger partial charge in [0.15, 0.2) is 5.78 Å². The van der Waals surface area contributed by atoms with Gasteiger partial charge in [0.05, 0.1) is 5.54 Å². The number of fused-ring (bicyclic) bond motifs is 2. The topological polar surface area (TPSA) is 43.1 Å².